The van der Waals surface area contributed by atoms with Gasteiger partial charge in [0.15, 0.2) is 11.6 Å². The van der Waals surface area contributed by atoms with E-state index in [4.69, 9.17) is 0 Å². The molecule has 0 unspecified atom stereocenters. The minimum atomic E-state index is -1.35. The fourth-order valence-corrected chi connectivity index (χ4v) is 4.10. The van der Waals surface area contributed by atoms with Crippen LogP contribution in [0, 0.1) is 0 Å². The first-order valence-corrected chi connectivity index (χ1v) is 9.61. The fraction of sp³-hybridized carbons (Fsp3) is 0.200. The number of rotatable bonds is 4. The first-order chi connectivity index (χ1) is 13.9. The molecule has 4 heteroatoms. The van der Waals surface area contributed by atoms with Gasteiger partial charge in [0, 0.05) is 50.7 Å². The van der Waals surface area contributed by atoms with Crippen LogP contribution < -0.4 is 9.80 Å². The molecule has 146 valence electrons. The Balaban J connectivity index is 1.96. The van der Waals surface area contributed by atoms with Crippen LogP contribution in [0.25, 0.3) is 0 Å². The first-order valence-electron chi connectivity index (χ1n) is 9.61. The third kappa shape index (κ3) is 2.75. The Hall–Kier alpha value is -3.40. The standard InChI is InChI=1S/C25H24N2O2/c1-26(2)19-13-9-17(10-14-19)25(18-11-15-20(16-12-18)27(3)4)23(28)21-7-5-6-8-22(21)24(25)29/h5-16H,1-4H3. The molecule has 3 aromatic carbocycles. The molecule has 0 atom stereocenters. The molecular formula is C25H24N2O2. The van der Waals surface area contributed by atoms with Crippen molar-refractivity contribution in [3.63, 3.8) is 0 Å². The minimum Gasteiger partial charge on any atom is -0.378 e. The zero-order chi connectivity index (χ0) is 20.8. The molecular weight excluding hydrogens is 360 g/mol. The van der Waals surface area contributed by atoms with Gasteiger partial charge < -0.3 is 9.80 Å². The molecule has 0 amide bonds. The largest absolute Gasteiger partial charge is 0.378 e. The zero-order valence-electron chi connectivity index (χ0n) is 17.1. The molecule has 0 saturated carbocycles. The van der Waals surface area contributed by atoms with Crippen LogP contribution in [-0.4, -0.2) is 39.8 Å². The lowest BCUT2D eigenvalue weighted by atomic mass is 9.70. The maximum atomic E-state index is 13.7. The number of hydrogen-bond acceptors (Lipinski definition) is 4. The van der Waals surface area contributed by atoms with Crippen LogP contribution in [0.5, 0.6) is 0 Å². The summed E-state index contributed by atoms with van der Waals surface area (Å²) in [5, 5.41) is 0. The Morgan fingerprint density at radius 3 is 1.21 bits per heavy atom. The van der Waals surface area contributed by atoms with Crippen molar-refractivity contribution >= 4 is 22.9 Å². The van der Waals surface area contributed by atoms with E-state index in [0.29, 0.717) is 22.3 Å². The Labute approximate surface area is 171 Å². The maximum Gasteiger partial charge on any atom is 0.186 e. The van der Waals surface area contributed by atoms with E-state index in [0.717, 1.165) is 11.4 Å². The van der Waals surface area contributed by atoms with Gasteiger partial charge in [0.25, 0.3) is 0 Å². The molecule has 0 aliphatic heterocycles. The predicted octanol–water partition coefficient (Wildman–Crippen LogP) is 4.18. The van der Waals surface area contributed by atoms with Gasteiger partial charge in [-0.3, -0.25) is 9.59 Å². The normalized spacial score (nSPS) is 14.6. The molecule has 4 rings (SSSR count). The summed E-state index contributed by atoms with van der Waals surface area (Å²) in [7, 11) is 7.86. The molecule has 29 heavy (non-hydrogen) atoms. The lowest BCUT2D eigenvalue weighted by Crippen LogP contribution is -2.39. The SMILES string of the molecule is CN(C)c1ccc(C2(c3ccc(N(C)C)cc3)C(=O)c3ccccc3C2=O)cc1. The molecule has 1 aliphatic rings. The van der Waals surface area contributed by atoms with Crippen LogP contribution in [0.15, 0.2) is 72.8 Å². The van der Waals surface area contributed by atoms with E-state index in [-0.39, 0.29) is 11.6 Å². The molecule has 0 aromatic heterocycles. The number of carbonyl (C=O) groups excluding carboxylic acids is 2. The van der Waals surface area contributed by atoms with E-state index in [1.54, 1.807) is 12.1 Å². The highest BCUT2D eigenvalue weighted by atomic mass is 16.2. The summed E-state index contributed by atoms with van der Waals surface area (Å²) in [4.78, 5) is 31.4. The Bertz CT molecular complexity index is 992. The fourth-order valence-electron chi connectivity index (χ4n) is 4.10. The predicted molar refractivity (Wildman–Crippen MR) is 117 cm³/mol. The highest BCUT2D eigenvalue weighted by Gasteiger charge is 2.55. The van der Waals surface area contributed by atoms with Gasteiger partial charge in [-0.1, -0.05) is 48.5 Å². The minimum absolute atomic E-state index is 0.159. The summed E-state index contributed by atoms with van der Waals surface area (Å²) >= 11 is 0. The highest BCUT2D eigenvalue weighted by molar-refractivity contribution is 6.35. The lowest BCUT2D eigenvalue weighted by Gasteiger charge is -2.28. The van der Waals surface area contributed by atoms with Crippen molar-refractivity contribution in [3.05, 3.63) is 95.1 Å². The van der Waals surface area contributed by atoms with Gasteiger partial charge >= 0.3 is 0 Å². The molecule has 0 fully saturated rings. The summed E-state index contributed by atoms with van der Waals surface area (Å²) in [5.74, 6) is -0.318. The quantitative estimate of drug-likeness (QED) is 0.633. The summed E-state index contributed by atoms with van der Waals surface area (Å²) in [5.41, 5.74) is 3.07. The third-order valence-electron chi connectivity index (χ3n) is 5.73. The molecule has 1 aliphatic carbocycles. The van der Waals surface area contributed by atoms with E-state index < -0.39 is 5.41 Å². The van der Waals surface area contributed by atoms with E-state index in [1.807, 2.05) is 98.7 Å². The number of benzene rings is 3. The van der Waals surface area contributed by atoms with Gasteiger partial charge in [0.2, 0.25) is 0 Å². The first kappa shape index (κ1) is 18.9. The molecule has 0 radical (unpaired) electrons. The van der Waals surface area contributed by atoms with Gasteiger partial charge in [0.1, 0.15) is 5.41 Å². The zero-order valence-corrected chi connectivity index (χ0v) is 17.1. The highest BCUT2D eigenvalue weighted by Crippen LogP contribution is 2.45. The van der Waals surface area contributed by atoms with Gasteiger partial charge in [0.05, 0.1) is 0 Å². The molecule has 4 nitrogen and oxygen atoms in total. The summed E-state index contributed by atoms with van der Waals surface area (Å²) in [6, 6.07) is 22.5. The van der Waals surface area contributed by atoms with Gasteiger partial charge in [-0.2, -0.15) is 0 Å². The second kappa shape index (κ2) is 6.89. The summed E-state index contributed by atoms with van der Waals surface area (Å²) in [6.45, 7) is 0. The van der Waals surface area contributed by atoms with Gasteiger partial charge in [-0.25, -0.2) is 0 Å². The number of nitrogens with zero attached hydrogens (tertiary/aromatic N) is 2. The molecule has 0 heterocycles. The van der Waals surface area contributed by atoms with Crippen molar-refractivity contribution in [1.29, 1.82) is 0 Å². The van der Waals surface area contributed by atoms with Gasteiger partial charge in [-0.15, -0.1) is 0 Å². The van der Waals surface area contributed by atoms with Crippen LogP contribution in [0.3, 0.4) is 0 Å². The second-order valence-electron chi connectivity index (χ2n) is 7.84. The molecule has 0 saturated heterocycles. The van der Waals surface area contributed by atoms with Crippen molar-refractivity contribution in [2.24, 2.45) is 0 Å². The Morgan fingerprint density at radius 1 is 0.552 bits per heavy atom. The van der Waals surface area contributed by atoms with Crippen molar-refractivity contribution in [3.8, 4) is 0 Å². The van der Waals surface area contributed by atoms with Gasteiger partial charge in [-0.05, 0) is 35.4 Å². The Kier molecular flexibility index (Phi) is 4.50. The van der Waals surface area contributed by atoms with E-state index in [2.05, 4.69) is 0 Å². The third-order valence-corrected chi connectivity index (χ3v) is 5.73. The topological polar surface area (TPSA) is 40.6 Å². The number of carbonyl (C=O) groups is 2. The van der Waals surface area contributed by atoms with Crippen LogP contribution in [0.2, 0.25) is 0 Å². The second-order valence-corrected chi connectivity index (χ2v) is 7.84. The average Bonchev–Trinajstić information content (AvgIpc) is 2.96. The summed E-state index contributed by atoms with van der Waals surface area (Å²) < 4.78 is 0. The van der Waals surface area contributed by atoms with Crippen molar-refractivity contribution in [2.75, 3.05) is 38.0 Å². The van der Waals surface area contributed by atoms with Crippen LogP contribution in [0.1, 0.15) is 31.8 Å². The van der Waals surface area contributed by atoms with E-state index in [1.165, 1.54) is 0 Å². The average molecular weight is 384 g/mol. The van der Waals surface area contributed by atoms with Crippen LogP contribution in [-0.2, 0) is 5.41 Å². The molecule has 3 aromatic rings. The van der Waals surface area contributed by atoms with Crippen molar-refractivity contribution < 1.29 is 9.59 Å². The number of Topliss-reactive ketones (excluding diaryl/α,β-unsaturated/α-hetero) is 2. The summed E-state index contributed by atoms with van der Waals surface area (Å²) in [6.07, 6.45) is 0. The lowest BCUT2D eigenvalue weighted by molar-refractivity contribution is 0.0829. The molecule has 0 spiro atoms. The number of fused-ring (bicyclic) bond motifs is 1. The van der Waals surface area contributed by atoms with E-state index >= 15 is 0 Å². The molecule has 0 bridgehead atoms. The van der Waals surface area contributed by atoms with Crippen molar-refractivity contribution in [1.82, 2.24) is 0 Å². The van der Waals surface area contributed by atoms with Crippen LogP contribution in [0.4, 0.5) is 11.4 Å². The maximum absolute atomic E-state index is 13.7. The number of anilines is 2. The Morgan fingerprint density at radius 2 is 0.897 bits per heavy atom. The smallest absolute Gasteiger partial charge is 0.186 e. The monoisotopic (exact) mass is 384 g/mol. The van der Waals surface area contributed by atoms with Crippen molar-refractivity contribution in [2.45, 2.75) is 5.41 Å². The van der Waals surface area contributed by atoms with Crippen LogP contribution >= 0.6 is 0 Å². The van der Waals surface area contributed by atoms with E-state index in [9.17, 15) is 9.59 Å². The molecule has 0 N–H and O–H groups in total. The number of ketones is 2. The number of hydrogen-bond donors (Lipinski definition) is 0.